The van der Waals surface area contributed by atoms with E-state index < -0.39 is 0 Å². The molecule has 0 aliphatic rings. The second-order valence-corrected chi connectivity index (χ2v) is 4.62. The van der Waals surface area contributed by atoms with Gasteiger partial charge in [0.05, 0.1) is 0 Å². The maximum Gasteiger partial charge on any atom is 0.00977 e. The molecule has 68 valence electrons. The quantitative estimate of drug-likeness (QED) is 0.588. The zero-order valence-corrected chi connectivity index (χ0v) is 9.24. The summed E-state index contributed by atoms with van der Waals surface area (Å²) in [5.41, 5.74) is 1.15. The fourth-order valence-electron chi connectivity index (χ4n) is 0.720. The molecule has 0 aromatic carbocycles. The first kappa shape index (κ1) is 11.6. The van der Waals surface area contributed by atoms with Gasteiger partial charge < -0.3 is 0 Å². The molecule has 0 bridgehead atoms. The fraction of sp³-hybridized carbons (Fsp3) is 0.455. The van der Waals surface area contributed by atoms with E-state index in [-0.39, 0.29) is 0 Å². The third-order valence-electron chi connectivity index (χ3n) is 1.22. The zero-order chi connectivity index (χ0) is 9.56. The fourth-order valence-corrected chi connectivity index (χ4v) is 1.59. The molecule has 0 unspecified atom stereocenters. The third-order valence-corrected chi connectivity index (χ3v) is 2.43. The van der Waals surface area contributed by atoms with Gasteiger partial charge in [-0.25, -0.2) is 0 Å². The number of rotatable bonds is 4. The summed E-state index contributed by atoms with van der Waals surface area (Å²) in [5.74, 6) is 0. The van der Waals surface area contributed by atoms with Gasteiger partial charge in [-0.1, -0.05) is 32.6 Å². The standard InChI is InChI=1S/C11H18S/c1-6-7-8-11(9(2)3)12-10(4)5/h6-8,10H,2H2,1,3-5H3/b7-6-,11-8+. The van der Waals surface area contributed by atoms with Crippen LogP contribution in [0.1, 0.15) is 27.7 Å². The van der Waals surface area contributed by atoms with Crippen molar-refractivity contribution < 1.29 is 0 Å². The Hall–Kier alpha value is -0.430. The Morgan fingerprint density at radius 2 is 2.00 bits per heavy atom. The summed E-state index contributed by atoms with van der Waals surface area (Å²) in [4.78, 5) is 1.28. The second-order valence-electron chi connectivity index (χ2n) is 3.00. The highest BCUT2D eigenvalue weighted by Crippen LogP contribution is 2.26. The van der Waals surface area contributed by atoms with Gasteiger partial charge in [-0.05, 0) is 25.5 Å². The van der Waals surface area contributed by atoms with Gasteiger partial charge >= 0.3 is 0 Å². The molecule has 0 saturated carbocycles. The van der Waals surface area contributed by atoms with Crippen molar-refractivity contribution in [3.8, 4) is 0 Å². The minimum absolute atomic E-state index is 0.623. The highest BCUT2D eigenvalue weighted by Gasteiger charge is 2.00. The molecule has 0 radical (unpaired) electrons. The molecule has 12 heavy (non-hydrogen) atoms. The predicted octanol–water partition coefficient (Wildman–Crippen LogP) is 4.16. The smallest absolute Gasteiger partial charge is 0.00977 e. The highest BCUT2D eigenvalue weighted by molar-refractivity contribution is 8.03. The topological polar surface area (TPSA) is 0 Å². The molecule has 0 aromatic heterocycles. The highest BCUT2D eigenvalue weighted by atomic mass is 32.2. The predicted molar refractivity (Wildman–Crippen MR) is 60.4 cm³/mol. The molecule has 0 fully saturated rings. The monoisotopic (exact) mass is 182 g/mol. The van der Waals surface area contributed by atoms with Gasteiger partial charge in [-0.3, -0.25) is 0 Å². The Kier molecular flexibility index (Phi) is 5.91. The average Bonchev–Trinajstić information content (AvgIpc) is 1.96. The molecule has 0 rings (SSSR count). The SMILES string of the molecule is C=C(C)/C(=C\C=C/C)SC(C)C. The van der Waals surface area contributed by atoms with Gasteiger partial charge in [-0.2, -0.15) is 0 Å². The van der Waals surface area contributed by atoms with E-state index in [2.05, 4.69) is 32.6 Å². The minimum Gasteiger partial charge on any atom is -0.123 e. The maximum absolute atomic E-state index is 3.94. The van der Waals surface area contributed by atoms with Crippen LogP contribution in [0, 0.1) is 0 Å². The normalized spacial score (nSPS) is 12.9. The molecule has 0 heterocycles. The van der Waals surface area contributed by atoms with Crippen molar-refractivity contribution in [1.82, 2.24) is 0 Å². The largest absolute Gasteiger partial charge is 0.123 e. The molecule has 0 nitrogen and oxygen atoms in total. The number of thioether (sulfide) groups is 1. The summed E-state index contributed by atoms with van der Waals surface area (Å²) >= 11 is 1.86. The van der Waals surface area contributed by atoms with E-state index in [0.717, 1.165) is 5.57 Å². The van der Waals surface area contributed by atoms with Crippen molar-refractivity contribution in [2.24, 2.45) is 0 Å². The first-order valence-electron chi connectivity index (χ1n) is 4.23. The first-order chi connectivity index (χ1) is 5.57. The van der Waals surface area contributed by atoms with Gasteiger partial charge in [0.2, 0.25) is 0 Å². The van der Waals surface area contributed by atoms with Crippen molar-refractivity contribution in [3.63, 3.8) is 0 Å². The lowest BCUT2D eigenvalue weighted by atomic mass is 10.3. The van der Waals surface area contributed by atoms with E-state index in [4.69, 9.17) is 0 Å². The van der Waals surface area contributed by atoms with Crippen molar-refractivity contribution in [2.75, 3.05) is 0 Å². The van der Waals surface area contributed by atoms with E-state index in [0.29, 0.717) is 5.25 Å². The molecular formula is C11H18S. The minimum atomic E-state index is 0.623. The van der Waals surface area contributed by atoms with E-state index in [1.54, 1.807) is 0 Å². The molecule has 0 aliphatic heterocycles. The van der Waals surface area contributed by atoms with E-state index in [1.165, 1.54) is 4.91 Å². The number of hydrogen-bond acceptors (Lipinski definition) is 1. The Morgan fingerprint density at radius 3 is 2.33 bits per heavy atom. The Bertz CT molecular complexity index is 197. The summed E-state index contributed by atoms with van der Waals surface area (Å²) in [6.45, 7) is 12.4. The Labute approximate surface area is 80.4 Å². The Balaban J connectivity index is 4.33. The van der Waals surface area contributed by atoms with Gasteiger partial charge in [-0.15, -0.1) is 11.8 Å². The molecule has 0 saturated heterocycles. The molecule has 0 N–H and O–H groups in total. The molecule has 1 heteroatoms. The van der Waals surface area contributed by atoms with Gasteiger partial charge in [0, 0.05) is 10.2 Å². The summed E-state index contributed by atoms with van der Waals surface area (Å²) in [6.07, 6.45) is 6.20. The van der Waals surface area contributed by atoms with Crippen LogP contribution in [0.25, 0.3) is 0 Å². The van der Waals surface area contributed by atoms with Crippen molar-refractivity contribution in [3.05, 3.63) is 35.3 Å². The molecule has 0 atom stereocenters. The van der Waals surface area contributed by atoms with Gasteiger partial charge in [0.25, 0.3) is 0 Å². The number of hydrogen-bond donors (Lipinski definition) is 0. The van der Waals surface area contributed by atoms with Crippen LogP contribution in [0.2, 0.25) is 0 Å². The first-order valence-corrected chi connectivity index (χ1v) is 5.11. The van der Waals surface area contributed by atoms with Crippen LogP contribution in [0.5, 0.6) is 0 Å². The van der Waals surface area contributed by atoms with E-state index in [9.17, 15) is 0 Å². The lowest BCUT2D eigenvalue weighted by Crippen LogP contribution is -1.88. The molecular weight excluding hydrogens is 164 g/mol. The van der Waals surface area contributed by atoms with Crippen LogP contribution in [-0.4, -0.2) is 5.25 Å². The third kappa shape index (κ3) is 5.25. The van der Waals surface area contributed by atoms with Crippen LogP contribution in [0.15, 0.2) is 35.3 Å². The van der Waals surface area contributed by atoms with Crippen molar-refractivity contribution in [1.29, 1.82) is 0 Å². The lowest BCUT2D eigenvalue weighted by molar-refractivity contribution is 1.12. The van der Waals surface area contributed by atoms with Gasteiger partial charge in [0.15, 0.2) is 0 Å². The van der Waals surface area contributed by atoms with Gasteiger partial charge in [0.1, 0.15) is 0 Å². The molecule has 0 spiro atoms. The van der Waals surface area contributed by atoms with E-state index >= 15 is 0 Å². The second kappa shape index (κ2) is 6.13. The number of allylic oxidation sites excluding steroid dienone is 4. The lowest BCUT2D eigenvalue weighted by Gasteiger charge is -2.08. The molecule has 0 amide bonds. The van der Waals surface area contributed by atoms with Crippen molar-refractivity contribution >= 4 is 11.8 Å². The molecule has 0 aliphatic carbocycles. The van der Waals surface area contributed by atoms with Crippen LogP contribution in [0.3, 0.4) is 0 Å². The van der Waals surface area contributed by atoms with Crippen LogP contribution < -0.4 is 0 Å². The summed E-state index contributed by atoms with van der Waals surface area (Å²) < 4.78 is 0. The van der Waals surface area contributed by atoms with Crippen LogP contribution >= 0.6 is 11.8 Å². The van der Waals surface area contributed by atoms with E-state index in [1.807, 2.05) is 31.7 Å². The Morgan fingerprint density at radius 1 is 1.42 bits per heavy atom. The van der Waals surface area contributed by atoms with Crippen LogP contribution in [-0.2, 0) is 0 Å². The van der Waals surface area contributed by atoms with Crippen molar-refractivity contribution in [2.45, 2.75) is 32.9 Å². The zero-order valence-electron chi connectivity index (χ0n) is 8.42. The summed E-state index contributed by atoms with van der Waals surface area (Å²) in [5, 5.41) is 0.623. The maximum atomic E-state index is 3.94. The average molecular weight is 182 g/mol. The summed E-state index contributed by atoms with van der Waals surface area (Å²) in [7, 11) is 0. The molecule has 0 aromatic rings. The van der Waals surface area contributed by atoms with Crippen LogP contribution in [0.4, 0.5) is 0 Å². The summed E-state index contributed by atoms with van der Waals surface area (Å²) in [6, 6.07) is 0.